The van der Waals surface area contributed by atoms with Gasteiger partial charge in [-0.15, -0.1) is 0 Å². The van der Waals surface area contributed by atoms with Crippen LogP contribution < -0.4 is 10.6 Å². The first kappa shape index (κ1) is 18.9. The molecule has 7 heteroatoms. The highest BCUT2D eigenvalue weighted by Crippen LogP contribution is 2.32. The van der Waals surface area contributed by atoms with Crippen LogP contribution in [0.2, 0.25) is 0 Å². The number of nitrogens with one attached hydrogen (secondary N) is 2. The van der Waals surface area contributed by atoms with Crippen molar-refractivity contribution < 1.29 is 24.2 Å². The second-order valence-corrected chi connectivity index (χ2v) is 6.32. The highest BCUT2D eigenvalue weighted by Gasteiger charge is 2.39. The number of methoxy groups -OCH3 is 1. The molecule has 2 amide bonds. The minimum absolute atomic E-state index is 0.175. The molecule has 136 valence electrons. The van der Waals surface area contributed by atoms with E-state index in [2.05, 4.69) is 10.6 Å². The zero-order valence-electron chi connectivity index (χ0n) is 14.5. The number of amides is 2. The average Bonchev–Trinajstić information content (AvgIpc) is 2.62. The first-order valence-electron chi connectivity index (χ1n) is 8.38. The van der Waals surface area contributed by atoms with Gasteiger partial charge in [0.2, 0.25) is 0 Å². The van der Waals surface area contributed by atoms with Crippen LogP contribution in [0.5, 0.6) is 0 Å². The van der Waals surface area contributed by atoms with Crippen molar-refractivity contribution in [2.45, 2.75) is 50.7 Å². The second kappa shape index (κ2) is 8.11. The lowest BCUT2D eigenvalue weighted by molar-refractivity contribution is -0.141. The van der Waals surface area contributed by atoms with Crippen molar-refractivity contribution in [2.24, 2.45) is 0 Å². The largest absolute Gasteiger partial charge is 0.480 e. The monoisotopic (exact) mass is 348 g/mol. The molecule has 7 nitrogen and oxygen atoms in total. The molecule has 0 spiro atoms. The summed E-state index contributed by atoms with van der Waals surface area (Å²) in [6.45, 7) is 1.39. The van der Waals surface area contributed by atoms with Gasteiger partial charge in [-0.05, 0) is 44.0 Å². The van der Waals surface area contributed by atoms with Crippen molar-refractivity contribution in [3.05, 3.63) is 29.8 Å². The Bertz CT molecular complexity index is 635. The van der Waals surface area contributed by atoms with Gasteiger partial charge in [-0.3, -0.25) is 14.4 Å². The summed E-state index contributed by atoms with van der Waals surface area (Å²) >= 11 is 0. The fourth-order valence-corrected chi connectivity index (χ4v) is 2.94. The standard InChI is InChI=1S/C18H24N2O5/c1-12(16(22)23)19-15(21)13-6-8-14(9-7-13)20-17(24)18(25-2)10-4-3-5-11-18/h6-9,12H,3-5,10-11H2,1-2H3,(H,19,21)(H,20,24)(H,22,23)/t12-/m1/s1. The SMILES string of the molecule is COC1(C(=O)Nc2ccc(C(=O)N[C@H](C)C(=O)O)cc2)CCCCC1. The zero-order valence-corrected chi connectivity index (χ0v) is 14.5. The number of benzene rings is 1. The van der Waals surface area contributed by atoms with E-state index in [1.807, 2.05) is 0 Å². The molecule has 1 aliphatic rings. The highest BCUT2D eigenvalue weighted by atomic mass is 16.5. The lowest BCUT2D eigenvalue weighted by Crippen LogP contribution is -2.46. The van der Waals surface area contributed by atoms with Gasteiger partial charge in [0.1, 0.15) is 11.6 Å². The van der Waals surface area contributed by atoms with Gasteiger partial charge in [0.15, 0.2) is 0 Å². The smallest absolute Gasteiger partial charge is 0.325 e. The highest BCUT2D eigenvalue weighted by molar-refractivity contribution is 5.99. The van der Waals surface area contributed by atoms with E-state index < -0.39 is 23.5 Å². The minimum atomic E-state index is -1.10. The molecule has 1 aromatic rings. The van der Waals surface area contributed by atoms with Crippen molar-refractivity contribution in [1.29, 1.82) is 0 Å². The lowest BCUT2D eigenvalue weighted by Gasteiger charge is -2.34. The fourth-order valence-electron chi connectivity index (χ4n) is 2.94. The van der Waals surface area contributed by atoms with Crippen LogP contribution in [0.1, 0.15) is 49.4 Å². The van der Waals surface area contributed by atoms with Crippen LogP contribution in [0.15, 0.2) is 24.3 Å². The molecule has 0 radical (unpaired) electrons. The van der Waals surface area contributed by atoms with Gasteiger partial charge in [-0.1, -0.05) is 19.3 Å². The van der Waals surface area contributed by atoms with Gasteiger partial charge in [0.05, 0.1) is 0 Å². The van der Waals surface area contributed by atoms with Crippen molar-refractivity contribution >= 4 is 23.5 Å². The number of carboxylic acids is 1. The molecule has 0 saturated heterocycles. The molecule has 2 rings (SSSR count). The van der Waals surface area contributed by atoms with Gasteiger partial charge in [0, 0.05) is 18.4 Å². The van der Waals surface area contributed by atoms with Gasteiger partial charge in [-0.25, -0.2) is 0 Å². The maximum absolute atomic E-state index is 12.6. The Morgan fingerprint density at radius 3 is 2.24 bits per heavy atom. The summed E-state index contributed by atoms with van der Waals surface area (Å²) in [7, 11) is 1.56. The Kier molecular flexibility index (Phi) is 6.14. The Morgan fingerprint density at radius 2 is 1.72 bits per heavy atom. The molecule has 3 N–H and O–H groups in total. The molecule has 1 saturated carbocycles. The van der Waals surface area contributed by atoms with Gasteiger partial charge < -0.3 is 20.5 Å². The number of carbonyl (C=O) groups is 3. The predicted octanol–water partition coefficient (Wildman–Crippen LogP) is 2.18. The fraction of sp³-hybridized carbons (Fsp3) is 0.500. The molecule has 1 atom stereocenters. The van der Waals surface area contributed by atoms with Crippen LogP contribution in [0.3, 0.4) is 0 Å². The molecule has 0 heterocycles. The average molecular weight is 348 g/mol. The van der Waals surface area contributed by atoms with E-state index in [0.717, 1.165) is 19.3 Å². The van der Waals surface area contributed by atoms with E-state index in [4.69, 9.17) is 9.84 Å². The molecule has 1 aromatic carbocycles. The molecular weight excluding hydrogens is 324 g/mol. The molecule has 25 heavy (non-hydrogen) atoms. The van der Waals surface area contributed by atoms with Crippen LogP contribution in [-0.2, 0) is 14.3 Å². The van der Waals surface area contributed by atoms with E-state index >= 15 is 0 Å². The summed E-state index contributed by atoms with van der Waals surface area (Å²) < 4.78 is 5.51. The third kappa shape index (κ3) is 4.57. The predicted molar refractivity (Wildman–Crippen MR) is 92.5 cm³/mol. The van der Waals surface area contributed by atoms with Crippen LogP contribution in [0, 0.1) is 0 Å². The molecule has 1 fully saturated rings. The van der Waals surface area contributed by atoms with Gasteiger partial charge in [-0.2, -0.15) is 0 Å². The Labute approximate surface area is 146 Å². The van der Waals surface area contributed by atoms with E-state index in [1.165, 1.54) is 6.92 Å². The third-order valence-electron chi connectivity index (χ3n) is 4.59. The number of ether oxygens (including phenoxy) is 1. The summed E-state index contributed by atoms with van der Waals surface area (Å²) in [5.41, 5.74) is 0.102. The van der Waals surface area contributed by atoms with Crippen LogP contribution >= 0.6 is 0 Å². The Balaban J connectivity index is 2.01. The van der Waals surface area contributed by atoms with Crippen LogP contribution in [-0.4, -0.2) is 41.6 Å². The number of anilines is 1. The topological polar surface area (TPSA) is 105 Å². The molecule has 1 aliphatic carbocycles. The number of hydrogen-bond acceptors (Lipinski definition) is 4. The van der Waals surface area contributed by atoms with Crippen molar-refractivity contribution in [3.63, 3.8) is 0 Å². The second-order valence-electron chi connectivity index (χ2n) is 6.32. The number of hydrogen-bond donors (Lipinski definition) is 3. The third-order valence-corrected chi connectivity index (χ3v) is 4.59. The number of carboxylic acid groups (broad SMARTS) is 1. The Hall–Kier alpha value is -2.41. The van der Waals surface area contributed by atoms with E-state index in [0.29, 0.717) is 24.1 Å². The van der Waals surface area contributed by atoms with E-state index in [1.54, 1.807) is 31.4 Å². The molecule has 0 aromatic heterocycles. The minimum Gasteiger partial charge on any atom is -0.480 e. The number of rotatable bonds is 6. The lowest BCUT2D eigenvalue weighted by atomic mass is 9.84. The number of aliphatic carboxylic acids is 1. The molecule has 0 bridgehead atoms. The van der Waals surface area contributed by atoms with Crippen molar-refractivity contribution in [3.8, 4) is 0 Å². The van der Waals surface area contributed by atoms with E-state index in [9.17, 15) is 14.4 Å². The maximum atomic E-state index is 12.6. The summed E-state index contributed by atoms with van der Waals surface area (Å²) in [5.74, 6) is -1.76. The van der Waals surface area contributed by atoms with Gasteiger partial charge in [0.25, 0.3) is 11.8 Å². The van der Waals surface area contributed by atoms with Crippen LogP contribution in [0.25, 0.3) is 0 Å². The van der Waals surface area contributed by atoms with Gasteiger partial charge >= 0.3 is 5.97 Å². The summed E-state index contributed by atoms with van der Waals surface area (Å²) in [4.78, 5) is 35.3. The molecular formula is C18H24N2O5. The first-order valence-corrected chi connectivity index (χ1v) is 8.38. The summed E-state index contributed by atoms with van der Waals surface area (Å²) in [5, 5.41) is 14.0. The molecule has 0 aliphatic heterocycles. The Morgan fingerprint density at radius 1 is 1.12 bits per heavy atom. The zero-order chi connectivity index (χ0) is 18.4. The van der Waals surface area contributed by atoms with E-state index in [-0.39, 0.29) is 5.91 Å². The van der Waals surface area contributed by atoms with Crippen molar-refractivity contribution in [1.82, 2.24) is 5.32 Å². The normalized spacial score (nSPS) is 17.4. The quantitative estimate of drug-likeness (QED) is 0.731. The number of carbonyl (C=O) groups excluding carboxylic acids is 2. The van der Waals surface area contributed by atoms with Crippen LogP contribution in [0.4, 0.5) is 5.69 Å². The summed E-state index contributed by atoms with van der Waals surface area (Å²) in [6.07, 6.45) is 4.42. The van der Waals surface area contributed by atoms with Crippen molar-refractivity contribution in [2.75, 3.05) is 12.4 Å². The summed E-state index contributed by atoms with van der Waals surface area (Å²) in [6, 6.07) is 5.34. The molecule has 0 unspecified atom stereocenters. The maximum Gasteiger partial charge on any atom is 0.325 e. The first-order chi connectivity index (χ1) is 11.9.